The molecule has 45 heavy (non-hydrogen) atoms. The van der Waals surface area contributed by atoms with Crippen molar-refractivity contribution in [3.63, 3.8) is 0 Å². The Morgan fingerprint density at radius 1 is 0.422 bits per heavy atom. The van der Waals surface area contributed by atoms with E-state index < -0.39 is 137 Å². The summed E-state index contributed by atoms with van der Waals surface area (Å²) in [5.41, 5.74) is 13.8. The number of allylic oxidation sites excluding steroid dienone is 4. The van der Waals surface area contributed by atoms with E-state index in [0.29, 0.717) is 0 Å². The van der Waals surface area contributed by atoms with Crippen LogP contribution in [0.5, 0.6) is 0 Å². The molecule has 3 aromatic rings. The average Bonchev–Trinajstić information content (AvgIpc) is 3.76. The molecular weight excluding hydrogens is 621 g/mol. The molecule has 1 saturated carbocycles. The Labute approximate surface area is 244 Å². The molecule has 9 nitrogen and oxygen atoms in total. The number of nitriles is 3. The van der Waals surface area contributed by atoms with Crippen molar-refractivity contribution >= 4 is 39.7 Å². The minimum Gasteiger partial charge on any atom is -0.398 e. The first kappa shape index (κ1) is 31.5. The van der Waals surface area contributed by atoms with E-state index in [-0.39, 0.29) is 0 Å². The zero-order chi connectivity index (χ0) is 34.0. The predicted octanol–water partition coefficient (Wildman–Crippen LogP) is 4.04. The van der Waals surface area contributed by atoms with Crippen LogP contribution < -0.4 is 34.4 Å². The van der Waals surface area contributed by atoms with Crippen LogP contribution in [0.2, 0.25) is 0 Å². The number of nitrogens with two attached hydrogens (primary N) is 6. The molecule has 0 saturated heterocycles. The standard InChI is InChI=1S/C27H12F9N9/c28-13-4(1-37)5(2-38)14(29)16(31)11(13)22(40)9-7(6(3-39)8-15(30)20(35)26(44)24(42)18(8)33)10(9)23(41)12-17(32)21(36)27(45)25(43)19(12)34/h40-45H2/b7-6-,22-9?,23-10+. The van der Waals surface area contributed by atoms with Gasteiger partial charge in [-0.05, 0) is 0 Å². The van der Waals surface area contributed by atoms with Crippen molar-refractivity contribution in [1.29, 1.82) is 15.8 Å². The minimum atomic E-state index is -2.20. The lowest BCUT2D eigenvalue weighted by molar-refractivity contribution is 0.487. The summed E-state index contributed by atoms with van der Waals surface area (Å²) >= 11 is 0. The topological polar surface area (TPSA) is 227 Å². The lowest BCUT2D eigenvalue weighted by Gasteiger charge is -2.11. The van der Waals surface area contributed by atoms with Gasteiger partial charge in [0.2, 0.25) is 0 Å². The van der Waals surface area contributed by atoms with E-state index >= 15 is 22.0 Å². The second kappa shape index (κ2) is 10.7. The first-order chi connectivity index (χ1) is 21.0. The summed E-state index contributed by atoms with van der Waals surface area (Å²) in [5, 5.41) is 28.2. The van der Waals surface area contributed by atoms with Crippen LogP contribution in [0.15, 0.2) is 16.7 Å². The Hall–Kier alpha value is -6.48. The highest BCUT2D eigenvalue weighted by molar-refractivity contribution is 6.08. The number of nitrogens with zero attached hydrogens (tertiary/aromatic N) is 3. The number of anilines is 4. The monoisotopic (exact) mass is 633 g/mol. The van der Waals surface area contributed by atoms with Gasteiger partial charge in [-0.1, -0.05) is 0 Å². The molecule has 3 aromatic carbocycles. The zero-order valence-electron chi connectivity index (χ0n) is 21.7. The third-order valence-corrected chi connectivity index (χ3v) is 6.71. The zero-order valence-corrected chi connectivity index (χ0v) is 21.7. The van der Waals surface area contributed by atoms with Gasteiger partial charge < -0.3 is 34.4 Å². The molecule has 4 rings (SSSR count). The predicted molar refractivity (Wildman–Crippen MR) is 141 cm³/mol. The molecule has 1 fully saturated rings. The lowest BCUT2D eigenvalue weighted by Crippen LogP contribution is -2.12. The Morgan fingerprint density at radius 2 is 0.756 bits per heavy atom. The Bertz CT molecular complexity index is 2090. The summed E-state index contributed by atoms with van der Waals surface area (Å²) in [4.78, 5) is 0. The Balaban J connectivity index is 2.29. The molecule has 18 heteroatoms. The molecular formula is C27H12F9N9. The number of hydrogen-bond acceptors (Lipinski definition) is 9. The fourth-order valence-corrected chi connectivity index (χ4v) is 4.42. The summed E-state index contributed by atoms with van der Waals surface area (Å²) < 4.78 is 134. The quantitative estimate of drug-likeness (QED) is 0.106. The average molecular weight is 633 g/mol. The molecule has 0 aromatic heterocycles. The van der Waals surface area contributed by atoms with Crippen LogP contribution in [0.1, 0.15) is 27.8 Å². The SMILES string of the molecule is N#C/C(=C1\C(=C(N)c2c(F)c(F)c(C#N)c(C#N)c2F)\C1=C(\N)c1c(F)c(N)c(N)c(F)c1F)c1c(F)c(N)c(N)c(F)c1F. The van der Waals surface area contributed by atoms with Gasteiger partial charge in [0.25, 0.3) is 0 Å². The van der Waals surface area contributed by atoms with Crippen molar-refractivity contribution in [2.24, 2.45) is 11.5 Å². The van der Waals surface area contributed by atoms with Crippen molar-refractivity contribution in [3.05, 3.63) is 96.9 Å². The van der Waals surface area contributed by atoms with Crippen molar-refractivity contribution in [3.8, 4) is 18.2 Å². The van der Waals surface area contributed by atoms with Crippen LogP contribution in [0.25, 0.3) is 17.0 Å². The molecule has 12 N–H and O–H groups in total. The van der Waals surface area contributed by atoms with E-state index in [2.05, 4.69) is 0 Å². The highest BCUT2D eigenvalue weighted by atomic mass is 19.2. The van der Waals surface area contributed by atoms with Gasteiger partial charge in [0.15, 0.2) is 52.4 Å². The molecule has 228 valence electrons. The largest absolute Gasteiger partial charge is 0.398 e. The Morgan fingerprint density at radius 3 is 1.18 bits per heavy atom. The summed E-state index contributed by atoms with van der Waals surface area (Å²) in [6.07, 6.45) is 0. The van der Waals surface area contributed by atoms with Gasteiger partial charge in [-0.15, -0.1) is 0 Å². The van der Waals surface area contributed by atoms with Crippen LogP contribution in [0.4, 0.5) is 62.3 Å². The van der Waals surface area contributed by atoms with E-state index in [9.17, 15) is 28.1 Å². The fourth-order valence-electron chi connectivity index (χ4n) is 4.42. The molecule has 0 radical (unpaired) electrons. The normalized spacial score (nSPS) is 15.6. The first-order valence-corrected chi connectivity index (χ1v) is 11.6. The molecule has 0 spiro atoms. The summed E-state index contributed by atoms with van der Waals surface area (Å²) in [5.74, 6) is -18.1. The molecule has 0 atom stereocenters. The third kappa shape index (κ3) is 4.25. The molecule has 0 bridgehead atoms. The second-order valence-corrected chi connectivity index (χ2v) is 9.02. The van der Waals surface area contributed by atoms with Crippen LogP contribution >= 0.6 is 0 Å². The maximum absolute atomic E-state index is 15.3. The van der Waals surface area contributed by atoms with Crippen LogP contribution in [-0.2, 0) is 0 Å². The minimum absolute atomic E-state index is 0.956. The van der Waals surface area contributed by atoms with E-state index in [1.54, 1.807) is 0 Å². The second-order valence-electron chi connectivity index (χ2n) is 9.02. The molecule has 1 aliphatic rings. The van der Waals surface area contributed by atoms with Gasteiger partial charge in [0.1, 0.15) is 29.3 Å². The van der Waals surface area contributed by atoms with Crippen molar-refractivity contribution in [2.75, 3.05) is 22.9 Å². The van der Waals surface area contributed by atoms with Crippen LogP contribution in [0, 0.1) is 86.3 Å². The molecule has 0 aliphatic heterocycles. The van der Waals surface area contributed by atoms with Crippen LogP contribution in [-0.4, -0.2) is 0 Å². The summed E-state index contributed by atoms with van der Waals surface area (Å²) in [6.45, 7) is 0. The van der Waals surface area contributed by atoms with E-state index in [1.807, 2.05) is 0 Å². The number of benzene rings is 3. The highest BCUT2D eigenvalue weighted by Gasteiger charge is 2.44. The van der Waals surface area contributed by atoms with Gasteiger partial charge in [-0.3, -0.25) is 0 Å². The molecule has 0 amide bonds. The van der Waals surface area contributed by atoms with Gasteiger partial charge in [0, 0.05) is 16.7 Å². The van der Waals surface area contributed by atoms with E-state index in [4.69, 9.17) is 39.7 Å². The first-order valence-electron chi connectivity index (χ1n) is 11.6. The van der Waals surface area contributed by atoms with Crippen molar-refractivity contribution < 1.29 is 39.5 Å². The maximum Gasteiger partial charge on any atom is 0.184 e. The maximum atomic E-state index is 15.3. The van der Waals surface area contributed by atoms with E-state index in [1.165, 1.54) is 6.07 Å². The number of hydrogen-bond donors (Lipinski definition) is 6. The van der Waals surface area contributed by atoms with Gasteiger partial charge >= 0.3 is 0 Å². The fraction of sp³-hybridized carbons (Fsp3) is 0. The molecule has 1 aliphatic carbocycles. The number of rotatable bonds is 3. The van der Waals surface area contributed by atoms with Crippen LogP contribution in [0.3, 0.4) is 0 Å². The number of nitrogen functional groups attached to an aromatic ring is 4. The third-order valence-electron chi connectivity index (χ3n) is 6.71. The van der Waals surface area contributed by atoms with Crippen molar-refractivity contribution in [2.45, 2.75) is 0 Å². The van der Waals surface area contributed by atoms with Gasteiger partial charge in [-0.25, -0.2) is 39.5 Å². The lowest BCUT2D eigenvalue weighted by atomic mass is 9.99. The van der Waals surface area contributed by atoms with Gasteiger partial charge in [-0.2, -0.15) is 15.8 Å². The molecule has 0 unspecified atom stereocenters. The van der Waals surface area contributed by atoms with E-state index in [0.717, 1.165) is 12.1 Å². The smallest absolute Gasteiger partial charge is 0.184 e. The van der Waals surface area contributed by atoms with Gasteiger partial charge in [0.05, 0.1) is 56.4 Å². The van der Waals surface area contributed by atoms with Crippen molar-refractivity contribution in [1.82, 2.24) is 0 Å². The molecule has 0 heterocycles. The summed E-state index contributed by atoms with van der Waals surface area (Å²) in [7, 11) is 0. The highest BCUT2D eigenvalue weighted by Crippen LogP contribution is 2.56. The number of halogens is 9. The Kier molecular flexibility index (Phi) is 7.45. The summed E-state index contributed by atoms with van der Waals surface area (Å²) in [6, 6.07) is 3.43.